The summed E-state index contributed by atoms with van der Waals surface area (Å²) in [7, 11) is 0. The van der Waals surface area contributed by atoms with Crippen molar-refractivity contribution in [1.82, 2.24) is 4.98 Å². The highest BCUT2D eigenvalue weighted by Gasteiger charge is 2.40. The second-order valence-electron chi connectivity index (χ2n) is 2.56. The summed E-state index contributed by atoms with van der Waals surface area (Å²) < 4.78 is 72.0. The Labute approximate surface area is 79.2 Å². The van der Waals surface area contributed by atoms with Crippen LogP contribution in [0.1, 0.15) is 11.4 Å². The maximum Gasteiger partial charge on any atom is 0.437 e. The average Bonchev–Trinajstić information content (AvgIpc) is 2.00. The minimum Gasteiger partial charge on any atom is -0.506 e. The van der Waals surface area contributed by atoms with Crippen LogP contribution < -0.4 is 0 Å². The molecule has 1 heterocycles. The molecule has 1 aromatic heterocycles. The molecule has 8 heteroatoms. The number of aromatic nitrogens is 1. The van der Waals surface area contributed by atoms with Gasteiger partial charge in [0.2, 0.25) is 0 Å². The van der Waals surface area contributed by atoms with Gasteiger partial charge in [-0.3, -0.25) is 0 Å². The molecule has 0 amide bonds. The van der Waals surface area contributed by atoms with Gasteiger partial charge in [-0.25, -0.2) is 4.98 Å². The minimum atomic E-state index is -5.12. The molecule has 0 aromatic carbocycles. The zero-order chi connectivity index (χ0) is 11.9. The molecule has 0 bridgehead atoms. The summed E-state index contributed by atoms with van der Waals surface area (Å²) in [5.74, 6) is -1.34. The maximum absolute atomic E-state index is 12.0. The van der Waals surface area contributed by atoms with Crippen molar-refractivity contribution in [2.45, 2.75) is 12.4 Å². The van der Waals surface area contributed by atoms with Crippen molar-refractivity contribution in [2.75, 3.05) is 0 Å². The van der Waals surface area contributed by atoms with E-state index in [0.717, 1.165) is 0 Å². The predicted octanol–water partition coefficient (Wildman–Crippen LogP) is 2.82. The normalized spacial score (nSPS) is 12.9. The van der Waals surface area contributed by atoms with E-state index in [9.17, 15) is 26.3 Å². The molecule has 1 N–H and O–H groups in total. The van der Waals surface area contributed by atoms with Crippen LogP contribution in [0.3, 0.4) is 0 Å². The molecule has 1 aromatic rings. The summed E-state index contributed by atoms with van der Waals surface area (Å²) in [5.41, 5.74) is -3.65. The minimum absolute atomic E-state index is 0.268. The monoisotopic (exact) mass is 231 g/mol. The first-order chi connectivity index (χ1) is 6.62. The summed E-state index contributed by atoms with van der Waals surface area (Å²) >= 11 is 0. The highest BCUT2D eigenvalue weighted by Crippen LogP contribution is 2.37. The fraction of sp³-hybridized carbons (Fsp3) is 0.286. The van der Waals surface area contributed by atoms with Crippen LogP contribution in [0.4, 0.5) is 26.3 Å². The van der Waals surface area contributed by atoms with Crippen LogP contribution in [0.2, 0.25) is 0 Å². The van der Waals surface area contributed by atoms with Crippen LogP contribution >= 0.6 is 0 Å². The van der Waals surface area contributed by atoms with Gasteiger partial charge >= 0.3 is 12.4 Å². The number of pyridine rings is 1. The molecule has 0 fully saturated rings. The number of rotatable bonds is 0. The summed E-state index contributed by atoms with van der Waals surface area (Å²) in [6, 6.07) is 0.573. The molecule has 0 radical (unpaired) electrons. The average molecular weight is 231 g/mol. The van der Waals surface area contributed by atoms with Crippen LogP contribution in [0.25, 0.3) is 0 Å². The fourth-order valence-corrected chi connectivity index (χ4v) is 0.818. The lowest BCUT2D eigenvalue weighted by Crippen LogP contribution is -2.14. The van der Waals surface area contributed by atoms with E-state index in [-0.39, 0.29) is 6.07 Å². The van der Waals surface area contributed by atoms with Crippen molar-refractivity contribution in [3.63, 3.8) is 0 Å². The summed E-state index contributed by atoms with van der Waals surface area (Å²) in [4.78, 5) is 2.31. The van der Waals surface area contributed by atoms with Crippen LogP contribution in [0, 0.1) is 0 Å². The van der Waals surface area contributed by atoms with Crippen molar-refractivity contribution >= 4 is 0 Å². The Hall–Kier alpha value is -1.47. The van der Waals surface area contributed by atoms with Gasteiger partial charge in [0, 0.05) is 0 Å². The Morgan fingerprint density at radius 3 is 1.87 bits per heavy atom. The van der Waals surface area contributed by atoms with Crippen LogP contribution in [0.5, 0.6) is 5.75 Å². The van der Waals surface area contributed by atoms with E-state index in [1.165, 1.54) is 0 Å². The molecule has 0 aliphatic rings. The quantitative estimate of drug-likeness (QED) is 0.696. The molecule has 2 nitrogen and oxygen atoms in total. The highest BCUT2D eigenvalue weighted by molar-refractivity contribution is 5.30. The third-order valence-corrected chi connectivity index (χ3v) is 1.43. The molecule has 0 saturated carbocycles. The van der Waals surface area contributed by atoms with E-state index in [1.54, 1.807) is 0 Å². The molecule has 84 valence electrons. The van der Waals surface area contributed by atoms with Gasteiger partial charge in [-0.05, 0) is 12.1 Å². The van der Waals surface area contributed by atoms with E-state index in [2.05, 4.69) is 4.98 Å². The van der Waals surface area contributed by atoms with Gasteiger partial charge in [-0.1, -0.05) is 0 Å². The van der Waals surface area contributed by atoms with E-state index in [1.807, 2.05) is 0 Å². The molecular formula is C7H3F6NO. The third kappa shape index (κ3) is 2.51. The lowest BCUT2D eigenvalue weighted by molar-refractivity contribution is -0.150. The van der Waals surface area contributed by atoms with Gasteiger partial charge in [0.25, 0.3) is 0 Å². The van der Waals surface area contributed by atoms with Gasteiger partial charge < -0.3 is 5.11 Å². The van der Waals surface area contributed by atoms with Gasteiger partial charge in [0.15, 0.2) is 5.69 Å². The summed E-state index contributed by atoms with van der Waals surface area (Å²) in [6.07, 6.45) is -10.1. The Bertz CT molecular complexity index is 369. The van der Waals surface area contributed by atoms with Crippen LogP contribution in [-0.4, -0.2) is 10.1 Å². The predicted molar refractivity (Wildman–Crippen MR) is 35.9 cm³/mol. The Morgan fingerprint density at radius 2 is 1.47 bits per heavy atom. The van der Waals surface area contributed by atoms with E-state index in [4.69, 9.17) is 5.11 Å². The zero-order valence-corrected chi connectivity index (χ0v) is 6.82. The molecule has 0 aliphatic heterocycles. The highest BCUT2D eigenvalue weighted by atomic mass is 19.4. The van der Waals surface area contributed by atoms with Crippen molar-refractivity contribution in [1.29, 1.82) is 0 Å². The van der Waals surface area contributed by atoms with Crippen molar-refractivity contribution in [3.8, 4) is 5.75 Å². The SMILES string of the molecule is Oc1ccc(C(F)(F)F)nc1C(F)(F)F. The number of halogens is 6. The standard InChI is InChI=1S/C7H3F6NO/c8-6(9,10)4-2-1-3(15)5(14-4)7(11,12)13/h1-2,15H. The van der Waals surface area contributed by atoms with Gasteiger partial charge in [0.1, 0.15) is 11.4 Å². The molecule has 0 saturated heterocycles. The van der Waals surface area contributed by atoms with E-state index >= 15 is 0 Å². The first-order valence-corrected chi connectivity index (χ1v) is 3.47. The maximum atomic E-state index is 12.0. The zero-order valence-electron chi connectivity index (χ0n) is 6.82. The van der Waals surface area contributed by atoms with E-state index < -0.39 is 29.5 Å². The molecule has 0 spiro atoms. The fourth-order valence-electron chi connectivity index (χ4n) is 0.818. The third-order valence-electron chi connectivity index (χ3n) is 1.43. The van der Waals surface area contributed by atoms with Gasteiger partial charge in [-0.2, -0.15) is 26.3 Å². The number of hydrogen-bond donors (Lipinski definition) is 1. The number of aromatic hydroxyl groups is 1. The van der Waals surface area contributed by atoms with Crippen LogP contribution in [0.15, 0.2) is 12.1 Å². The second-order valence-corrected chi connectivity index (χ2v) is 2.56. The second kappa shape index (κ2) is 3.28. The van der Waals surface area contributed by atoms with Gasteiger partial charge in [-0.15, -0.1) is 0 Å². The molecule has 0 aliphatic carbocycles. The molecular weight excluding hydrogens is 228 g/mol. The topological polar surface area (TPSA) is 33.1 Å². The lowest BCUT2D eigenvalue weighted by atomic mass is 10.2. The molecule has 0 unspecified atom stereocenters. The number of nitrogens with zero attached hydrogens (tertiary/aromatic N) is 1. The van der Waals surface area contributed by atoms with Crippen molar-refractivity contribution < 1.29 is 31.4 Å². The molecule has 15 heavy (non-hydrogen) atoms. The summed E-state index contributed by atoms with van der Waals surface area (Å²) in [6.45, 7) is 0. The van der Waals surface area contributed by atoms with Crippen LogP contribution in [-0.2, 0) is 12.4 Å². The largest absolute Gasteiger partial charge is 0.506 e. The number of hydrogen-bond acceptors (Lipinski definition) is 2. The summed E-state index contributed by atoms with van der Waals surface area (Å²) in [5, 5.41) is 8.69. The molecule has 1 rings (SSSR count). The molecule has 0 atom stereocenters. The Kier molecular flexibility index (Phi) is 2.54. The van der Waals surface area contributed by atoms with Crippen molar-refractivity contribution in [3.05, 3.63) is 23.5 Å². The lowest BCUT2D eigenvalue weighted by Gasteiger charge is -2.11. The van der Waals surface area contributed by atoms with Crippen molar-refractivity contribution in [2.24, 2.45) is 0 Å². The first-order valence-electron chi connectivity index (χ1n) is 3.47. The smallest absolute Gasteiger partial charge is 0.437 e. The number of alkyl halides is 6. The Balaban J connectivity index is 3.30. The van der Waals surface area contributed by atoms with Gasteiger partial charge in [0.05, 0.1) is 0 Å². The first kappa shape index (κ1) is 11.6. The Morgan fingerprint density at radius 1 is 0.933 bits per heavy atom. The van der Waals surface area contributed by atoms with E-state index in [0.29, 0.717) is 6.07 Å².